The smallest absolute Gasteiger partial charge is 0.335 e. The highest BCUT2D eigenvalue weighted by Crippen LogP contribution is 2.25. The van der Waals surface area contributed by atoms with E-state index in [-0.39, 0.29) is 29.9 Å². The fourth-order valence-corrected chi connectivity index (χ4v) is 1.59. The van der Waals surface area contributed by atoms with E-state index in [0.717, 1.165) is 0 Å². The Hall–Kier alpha value is -2.08. The van der Waals surface area contributed by atoms with Crippen LogP contribution in [0.25, 0.3) is 0 Å². The molecule has 6 nitrogen and oxygen atoms in total. The van der Waals surface area contributed by atoms with Crippen molar-refractivity contribution in [3.8, 4) is 5.75 Å². The van der Waals surface area contributed by atoms with Crippen LogP contribution < -0.4 is 15.8 Å². The number of carboxylic acids is 1. The monoisotopic (exact) mass is 280 g/mol. The summed E-state index contributed by atoms with van der Waals surface area (Å²) in [6.45, 7) is 3.87. The van der Waals surface area contributed by atoms with Crippen LogP contribution in [0.5, 0.6) is 5.75 Å². The summed E-state index contributed by atoms with van der Waals surface area (Å²) in [5, 5.41) is 11.6. The van der Waals surface area contributed by atoms with Crippen molar-refractivity contribution in [2.75, 3.05) is 12.4 Å². The lowest BCUT2D eigenvalue weighted by Crippen LogP contribution is -2.31. The molecule has 0 spiro atoms. The summed E-state index contributed by atoms with van der Waals surface area (Å²) in [5.74, 6) is -0.747. The number of amides is 1. The van der Waals surface area contributed by atoms with Crippen molar-refractivity contribution in [2.24, 2.45) is 11.7 Å². The number of nitrogens with two attached hydrogens (primary N) is 1. The third-order valence-electron chi connectivity index (χ3n) is 3.00. The number of rotatable bonds is 6. The molecule has 1 aromatic carbocycles. The van der Waals surface area contributed by atoms with Gasteiger partial charge in [-0.15, -0.1) is 0 Å². The zero-order chi connectivity index (χ0) is 15.3. The third kappa shape index (κ3) is 4.24. The molecule has 0 bridgehead atoms. The number of hydrogen-bond acceptors (Lipinski definition) is 4. The van der Waals surface area contributed by atoms with Gasteiger partial charge in [0.15, 0.2) is 0 Å². The van der Waals surface area contributed by atoms with Crippen LogP contribution in [0.4, 0.5) is 5.69 Å². The Morgan fingerprint density at radius 3 is 2.55 bits per heavy atom. The minimum Gasteiger partial charge on any atom is -0.495 e. The average Bonchev–Trinajstić information content (AvgIpc) is 2.38. The number of methoxy groups -OCH3 is 1. The number of hydrogen-bond donors (Lipinski definition) is 3. The van der Waals surface area contributed by atoms with Crippen LogP contribution >= 0.6 is 0 Å². The van der Waals surface area contributed by atoms with Crippen LogP contribution in [-0.2, 0) is 4.79 Å². The van der Waals surface area contributed by atoms with E-state index in [9.17, 15) is 9.59 Å². The van der Waals surface area contributed by atoms with Gasteiger partial charge in [0, 0.05) is 12.5 Å². The predicted molar refractivity (Wildman–Crippen MR) is 76.0 cm³/mol. The first-order valence-corrected chi connectivity index (χ1v) is 6.32. The van der Waals surface area contributed by atoms with E-state index in [1.165, 1.54) is 25.3 Å². The summed E-state index contributed by atoms with van der Waals surface area (Å²) >= 11 is 0. The maximum atomic E-state index is 11.9. The van der Waals surface area contributed by atoms with Crippen molar-refractivity contribution in [3.63, 3.8) is 0 Å². The molecule has 4 N–H and O–H groups in total. The Balaban J connectivity index is 2.87. The maximum Gasteiger partial charge on any atom is 0.335 e. The highest BCUT2D eigenvalue weighted by Gasteiger charge is 2.15. The highest BCUT2D eigenvalue weighted by molar-refractivity contribution is 5.95. The van der Waals surface area contributed by atoms with Gasteiger partial charge in [-0.3, -0.25) is 4.79 Å². The Morgan fingerprint density at radius 1 is 1.40 bits per heavy atom. The molecule has 110 valence electrons. The normalized spacial score (nSPS) is 12.1. The van der Waals surface area contributed by atoms with Gasteiger partial charge in [0.25, 0.3) is 0 Å². The average molecular weight is 280 g/mol. The molecule has 0 radical (unpaired) electrons. The standard InChI is InChI=1S/C14H20N2O4/c1-8(2)10(15)7-13(17)16-11-6-9(14(18)19)4-5-12(11)20-3/h4-6,8,10H,7,15H2,1-3H3,(H,16,17)(H,18,19). The number of carboxylic acid groups (broad SMARTS) is 1. The predicted octanol–water partition coefficient (Wildman–Crippen LogP) is 1.71. The minimum absolute atomic E-state index is 0.0780. The van der Waals surface area contributed by atoms with Gasteiger partial charge in [-0.1, -0.05) is 13.8 Å². The first-order chi connectivity index (χ1) is 9.35. The molecule has 20 heavy (non-hydrogen) atoms. The van der Waals surface area contributed by atoms with Gasteiger partial charge >= 0.3 is 5.97 Å². The molecular formula is C14H20N2O4. The second-order valence-corrected chi connectivity index (χ2v) is 4.88. The molecule has 0 aromatic heterocycles. The Morgan fingerprint density at radius 2 is 2.05 bits per heavy atom. The summed E-state index contributed by atoms with van der Waals surface area (Å²) in [6, 6.07) is 4.03. The first-order valence-electron chi connectivity index (χ1n) is 6.32. The van der Waals surface area contributed by atoms with Gasteiger partial charge in [0.05, 0.1) is 18.4 Å². The molecule has 0 fully saturated rings. The quantitative estimate of drug-likeness (QED) is 0.736. The van der Waals surface area contributed by atoms with Crippen molar-refractivity contribution in [3.05, 3.63) is 23.8 Å². The molecule has 0 aliphatic carbocycles. The highest BCUT2D eigenvalue weighted by atomic mass is 16.5. The Kier molecular flexibility index (Phi) is 5.52. The van der Waals surface area contributed by atoms with E-state index in [4.69, 9.17) is 15.6 Å². The third-order valence-corrected chi connectivity index (χ3v) is 3.00. The lowest BCUT2D eigenvalue weighted by molar-refractivity contribution is -0.116. The molecule has 6 heteroatoms. The van der Waals surface area contributed by atoms with E-state index >= 15 is 0 Å². The first kappa shape index (κ1) is 16.0. The van der Waals surface area contributed by atoms with Gasteiger partial charge in [-0.25, -0.2) is 4.79 Å². The van der Waals surface area contributed by atoms with E-state index in [2.05, 4.69) is 5.32 Å². The summed E-state index contributed by atoms with van der Waals surface area (Å²) in [4.78, 5) is 22.8. The fraction of sp³-hybridized carbons (Fsp3) is 0.429. The zero-order valence-corrected chi connectivity index (χ0v) is 11.8. The number of carbonyl (C=O) groups is 2. The number of benzene rings is 1. The van der Waals surface area contributed by atoms with Crippen LogP contribution in [-0.4, -0.2) is 30.1 Å². The molecule has 1 unspecified atom stereocenters. The van der Waals surface area contributed by atoms with Crippen molar-refractivity contribution in [1.29, 1.82) is 0 Å². The van der Waals surface area contributed by atoms with E-state index in [1.54, 1.807) is 0 Å². The SMILES string of the molecule is COc1ccc(C(=O)O)cc1NC(=O)CC(N)C(C)C. The molecule has 0 heterocycles. The zero-order valence-electron chi connectivity index (χ0n) is 11.8. The summed E-state index contributed by atoms with van der Waals surface area (Å²) < 4.78 is 5.09. The molecule has 1 amide bonds. The largest absolute Gasteiger partial charge is 0.495 e. The summed E-state index contributed by atoms with van der Waals surface area (Å²) in [6.07, 6.45) is 0.165. The molecule has 0 saturated carbocycles. The minimum atomic E-state index is -1.07. The lowest BCUT2D eigenvalue weighted by atomic mass is 10.0. The van der Waals surface area contributed by atoms with Crippen molar-refractivity contribution >= 4 is 17.6 Å². The molecule has 0 saturated heterocycles. The Labute approximate surface area is 117 Å². The topological polar surface area (TPSA) is 102 Å². The number of carbonyl (C=O) groups excluding carboxylic acids is 1. The molecule has 0 aliphatic heterocycles. The second kappa shape index (κ2) is 6.91. The van der Waals surface area contributed by atoms with Crippen molar-refractivity contribution < 1.29 is 19.4 Å². The van der Waals surface area contributed by atoms with Gasteiger partial charge in [0.1, 0.15) is 5.75 Å². The van der Waals surface area contributed by atoms with E-state index in [0.29, 0.717) is 11.4 Å². The van der Waals surface area contributed by atoms with E-state index < -0.39 is 5.97 Å². The fourth-order valence-electron chi connectivity index (χ4n) is 1.59. The number of nitrogens with one attached hydrogen (secondary N) is 1. The summed E-state index contributed by atoms with van der Waals surface area (Å²) in [7, 11) is 1.45. The maximum absolute atomic E-state index is 11.9. The van der Waals surface area contributed by atoms with Gasteiger partial charge in [-0.2, -0.15) is 0 Å². The van der Waals surface area contributed by atoms with Crippen molar-refractivity contribution in [2.45, 2.75) is 26.3 Å². The second-order valence-electron chi connectivity index (χ2n) is 4.88. The van der Waals surface area contributed by atoms with Crippen LogP contribution in [0.3, 0.4) is 0 Å². The molecular weight excluding hydrogens is 260 g/mol. The van der Waals surface area contributed by atoms with Gasteiger partial charge < -0.3 is 20.9 Å². The van der Waals surface area contributed by atoms with Crippen molar-refractivity contribution in [1.82, 2.24) is 0 Å². The number of aromatic carboxylic acids is 1. The molecule has 0 aliphatic rings. The summed E-state index contributed by atoms with van der Waals surface area (Å²) in [5.41, 5.74) is 6.24. The molecule has 1 aromatic rings. The number of anilines is 1. The Bertz CT molecular complexity index is 500. The molecule has 1 rings (SSSR count). The molecule has 1 atom stereocenters. The van der Waals surface area contributed by atoms with E-state index in [1.807, 2.05) is 13.8 Å². The number of ether oxygens (including phenoxy) is 1. The lowest BCUT2D eigenvalue weighted by Gasteiger charge is -2.16. The van der Waals surface area contributed by atoms with Gasteiger partial charge in [-0.05, 0) is 24.1 Å². The van der Waals surface area contributed by atoms with Crippen LogP contribution in [0.15, 0.2) is 18.2 Å². The van der Waals surface area contributed by atoms with Crippen LogP contribution in [0.1, 0.15) is 30.6 Å². The van der Waals surface area contributed by atoms with Gasteiger partial charge in [0.2, 0.25) is 5.91 Å². The van der Waals surface area contributed by atoms with Crippen LogP contribution in [0.2, 0.25) is 0 Å². The van der Waals surface area contributed by atoms with Crippen LogP contribution in [0, 0.1) is 5.92 Å².